The quantitative estimate of drug-likeness (QED) is 0.0424. The standard InChI is InChI=1S/C35H30N6O3S.C26H25N3O.C25H22N2O5.C25H22N2O4/c1-40-32(26-12-8-25(9-13-26)23-38-34-6-2-4-18-36-34)22-33-29(30-21-27(42)14-17-31(30)41(33)40)20-24-10-15-28(16-11-24)45(43,44)39-35-7-3-5-19-37-35;1-27(2)20-11-9-18(10-12-20)15-22-23-16-21(30)13-14-24(23)29-26(22)17-25(28(29)3)19-7-5-4-6-8-19;1-13-3-4-14(10-22(13)30)9-16-19-12-18(15-5-7-20(28)23(31)11-15)26(2)27(19)17-6-8-21(29)25(32)24(16)17;1-14-3-4-15(10-24(14)30)9-18-19-12-17(28)6-7-20(19)27-22(18)13-21(26(27)2)16-5-8-23(29)25(31)11-16/h2-22,32,42H,23H2,1H3,(H,36,38)(H,37,39);4-17,25,30H,1-3H3;3-12,18,28-32H,1-2H3;3-13,21,28-31H,1-2H3/b29-20-;22-15-;16-9+;18-9-. The molecule has 10 heterocycles. The first-order valence-electron chi connectivity index (χ1n) is 44.6. The van der Waals surface area contributed by atoms with Crippen LogP contribution in [0.25, 0.3) is 92.2 Å². The van der Waals surface area contributed by atoms with Gasteiger partial charge in [0, 0.05) is 104 Å². The number of phenolic OH excluding ortho intramolecular Hbond substituents is 11. The highest BCUT2D eigenvalue weighted by Gasteiger charge is 2.32. The molecule has 692 valence electrons. The van der Waals surface area contributed by atoms with E-state index in [0.29, 0.717) is 22.7 Å². The molecule has 0 saturated heterocycles. The Morgan fingerprint density at radius 1 is 0.348 bits per heavy atom. The van der Waals surface area contributed by atoms with Crippen LogP contribution < -0.4 is 77.2 Å². The summed E-state index contributed by atoms with van der Waals surface area (Å²) >= 11 is 0. The van der Waals surface area contributed by atoms with Crippen molar-refractivity contribution in [3.63, 3.8) is 0 Å². The highest BCUT2D eigenvalue weighted by Crippen LogP contribution is 2.39. The van der Waals surface area contributed by atoms with E-state index >= 15 is 0 Å². The van der Waals surface area contributed by atoms with E-state index < -0.39 is 10.0 Å². The number of nitrogens with one attached hydrogen (secondary N) is 2. The van der Waals surface area contributed by atoms with Gasteiger partial charge in [-0.2, -0.15) is 0 Å². The molecule has 0 amide bonds. The van der Waals surface area contributed by atoms with E-state index in [4.69, 9.17) is 0 Å². The van der Waals surface area contributed by atoms with Gasteiger partial charge in [0.2, 0.25) is 0 Å². The second-order valence-electron chi connectivity index (χ2n) is 34.9. The zero-order valence-corrected chi connectivity index (χ0v) is 77.2. The van der Waals surface area contributed by atoms with Crippen LogP contribution in [0.1, 0.15) is 85.4 Å². The third kappa shape index (κ3) is 17.2. The zero-order valence-electron chi connectivity index (χ0n) is 76.4. The monoisotopic (exact) mass is 1850 g/mol. The zero-order chi connectivity index (χ0) is 96.4. The van der Waals surface area contributed by atoms with Crippen LogP contribution >= 0.6 is 0 Å². The summed E-state index contributed by atoms with van der Waals surface area (Å²) in [5, 5.41) is 134. The molecule has 4 aliphatic rings. The summed E-state index contributed by atoms with van der Waals surface area (Å²) in [5.74, 6) is 1.01. The molecule has 6 aromatic heterocycles. The van der Waals surface area contributed by atoms with Crippen molar-refractivity contribution in [2.75, 3.05) is 77.3 Å². The summed E-state index contributed by atoms with van der Waals surface area (Å²) in [7, 11) is 8.31. The molecule has 26 nitrogen and oxygen atoms in total. The van der Waals surface area contributed by atoms with Gasteiger partial charge < -0.3 is 86.4 Å². The number of aromatic nitrogens is 6. The lowest BCUT2D eigenvalue weighted by Crippen LogP contribution is -2.35. The van der Waals surface area contributed by atoms with Crippen molar-refractivity contribution in [3.05, 3.63) is 395 Å². The molecule has 13 N–H and O–H groups in total. The number of benzene rings is 12. The number of fused-ring (bicyclic) bond motifs is 12. The topological polar surface area (TPSA) is 342 Å². The Hall–Kier alpha value is -17.6. The van der Waals surface area contributed by atoms with Crippen LogP contribution in [0.3, 0.4) is 0 Å². The molecule has 4 aliphatic heterocycles. The molecule has 18 aromatic rings. The maximum Gasteiger partial charge on any atom is 0.263 e. The minimum atomic E-state index is -3.79. The van der Waals surface area contributed by atoms with Crippen molar-refractivity contribution < 1.29 is 64.6 Å². The van der Waals surface area contributed by atoms with Crippen molar-refractivity contribution in [3.8, 4) is 63.2 Å². The van der Waals surface area contributed by atoms with Gasteiger partial charge in [0.25, 0.3) is 10.0 Å². The van der Waals surface area contributed by atoms with Crippen LogP contribution in [0.2, 0.25) is 0 Å². The molecular formula is C111H99N13O13S. The fraction of sp³-hybridized carbons (Fsp3) is 0.117. The lowest BCUT2D eigenvalue weighted by atomic mass is 10.0. The molecule has 4 atom stereocenters. The Labute approximate surface area is 792 Å². The maximum atomic E-state index is 12.9. The van der Waals surface area contributed by atoms with Gasteiger partial charge in [-0.3, -0.25) is 23.4 Å². The lowest BCUT2D eigenvalue weighted by Gasteiger charge is -2.25. The van der Waals surface area contributed by atoms with Crippen LogP contribution in [-0.2, 0) is 16.6 Å². The van der Waals surface area contributed by atoms with E-state index in [-0.39, 0.29) is 98.1 Å². The third-order valence-electron chi connectivity index (χ3n) is 25.8. The van der Waals surface area contributed by atoms with Gasteiger partial charge in [-0.25, -0.2) is 18.4 Å². The molecule has 22 rings (SSSR count). The number of rotatable bonds is 15. The number of phenols is 11. The number of hydrogen-bond acceptors (Lipinski definition) is 21. The molecule has 4 unspecified atom stereocenters. The van der Waals surface area contributed by atoms with Gasteiger partial charge >= 0.3 is 0 Å². The van der Waals surface area contributed by atoms with Gasteiger partial charge in [0.05, 0.1) is 77.9 Å². The molecule has 27 heteroatoms. The van der Waals surface area contributed by atoms with E-state index in [0.717, 1.165) is 131 Å². The minimum absolute atomic E-state index is 0.00617. The van der Waals surface area contributed by atoms with Gasteiger partial charge in [0.1, 0.15) is 40.4 Å². The molecule has 0 spiro atoms. The summed E-state index contributed by atoms with van der Waals surface area (Å²) in [6.07, 6.45) is 20.0. The third-order valence-corrected chi connectivity index (χ3v) is 27.1. The Morgan fingerprint density at radius 2 is 0.725 bits per heavy atom. The highest BCUT2D eigenvalue weighted by atomic mass is 32.2. The van der Waals surface area contributed by atoms with Crippen molar-refractivity contribution in [1.29, 1.82) is 0 Å². The van der Waals surface area contributed by atoms with E-state index in [1.807, 2.05) is 154 Å². The van der Waals surface area contributed by atoms with Crippen LogP contribution in [0, 0.1) is 13.8 Å². The Morgan fingerprint density at radius 3 is 1.16 bits per heavy atom. The summed E-state index contributed by atoms with van der Waals surface area (Å²) in [5.41, 5.74) is 15.2. The van der Waals surface area contributed by atoms with Crippen molar-refractivity contribution in [2.45, 2.75) is 49.5 Å². The Bertz CT molecular complexity index is 8510. The van der Waals surface area contributed by atoms with Crippen LogP contribution in [0.5, 0.6) is 63.2 Å². The summed E-state index contributed by atoms with van der Waals surface area (Å²) in [4.78, 5) is 10.6. The molecule has 0 saturated carbocycles. The van der Waals surface area contributed by atoms with Gasteiger partial charge in [-0.15, -0.1) is 0 Å². The summed E-state index contributed by atoms with van der Waals surface area (Å²) < 4.78 is 36.8. The first-order chi connectivity index (χ1) is 66.5. The molecule has 0 aliphatic carbocycles. The molecular weight excluding hydrogens is 1760 g/mol. The molecule has 12 aromatic carbocycles. The van der Waals surface area contributed by atoms with Crippen molar-refractivity contribution in [2.24, 2.45) is 0 Å². The van der Waals surface area contributed by atoms with Gasteiger partial charge in [-0.05, 0) is 275 Å². The number of aromatic hydroxyl groups is 11. The fourth-order valence-corrected chi connectivity index (χ4v) is 19.6. The SMILES string of the molecule is CN(C)c1ccc(/C=c2\c3n(c4ccc(O)cc24)N(C)C(c2ccccc2)C=3)cc1.CN1C(c2ccc(CNc3ccccn3)cc2)C=c2/c(=C\c3ccc(S(=O)(=O)Nc4ccccn4)cc3)c3cc(O)ccc3n21.Cc1ccc(/C=c2\c3n(c4ccc(O)c(O)c24)N(C)C(c2ccc(O)c(O)c2)C=3)cc1O.Cc1ccc(/C=c2\c3n(c4ccc(O)cc24)N(C)C(c2ccc(O)c(O)c2)C=3)cc1O. The molecule has 0 bridgehead atoms. The normalized spacial score (nSPS) is 15.6. The minimum Gasteiger partial charge on any atom is -0.508 e. The van der Waals surface area contributed by atoms with Crippen LogP contribution in [0.4, 0.5) is 17.3 Å². The van der Waals surface area contributed by atoms with E-state index in [9.17, 15) is 64.6 Å². The smallest absolute Gasteiger partial charge is 0.263 e. The molecule has 0 radical (unpaired) electrons. The Balaban J connectivity index is 0.000000119. The predicted octanol–water partition coefficient (Wildman–Crippen LogP) is 12.9. The number of hydrogen-bond donors (Lipinski definition) is 13. The van der Waals surface area contributed by atoms with Gasteiger partial charge in [0.15, 0.2) is 34.5 Å². The summed E-state index contributed by atoms with van der Waals surface area (Å²) in [6, 6.07) is 84.8. The first-order valence-corrected chi connectivity index (χ1v) is 46.1. The fourth-order valence-electron chi connectivity index (χ4n) is 18.6. The summed E-state index contributed by atoms with van der Waals surface area (Å²) in [6.45, 7) is 4.34. The molecule has 138 heavy (non-hydrogen) atoms. The first kappa shape index (κ1) is 89.6. The van der Waals surface area contributed by atoms with Crippen molar-refractivity contribution in [1.82, 2.24) is 28.7 Å². The number of anilines is 3. The lowest BCUT2D eigenvalue weighted by molar-refractivity contribution is 0.403. The maximum absolute atomic E-state index is 12.9. The van der Waals surface area contributed by atoms with E-state index in [1.54, 1.807) is 115 Å². The highest BCUT2D eigenvalue weighted by molar-refractivity contribution is 7.92. The van der Waals surface area contributed by atoms with E-state index in [1.165, 1.54) is 41.7 Å². The largest absolute Gasteiger partial charge is 0.508 e. The average molecular weight is 1860 g/mol. The number of nitrogens with zero attached hydrogens (tertiary/aromatic N) is 11. The molecule has 0 fully saturated rings. The van der Waals surface area contributed by atoms with E-state index in [2.05, 4.69) is 160 Å². The Kier molecular flexibility index (Phi) is 23.7. The van der Waals surface area contributed by atoms with Crippen LogP contribution in [0.15, 0.2) is 296 Å². The second kappa shape index (κ2) is 36.4. The van der Waals surface area contributed by atoms with Crippen LogP contribution in [-0.4, -0.2) is 136 Å². The van der Waals surface area contributed by atoms with Gasteiger partial charge in [-0.1, -0.05) is 127 Å². The van der Waals surface area contributed by atoms with Crippen molar-refractivity contribution >= 4 is 120 Å². The average Bonchev–Trinajstić information content (AvgIpc) is 1.45. The number of pyridine rings is 2. The number of aryl methyl sites for hydroxylation is 2. The number of sulfonamides is 1. The second-order valence-corrected chi connectivity index (χ2v) is 36.6. The predicted molar refractivity (Wildman–Crippen MR) is 545 cm³/mol.